The van der Waals surface area contributed by atoms with E-state index >= 15 is 0 Å². The lowest BCUT2D eigenvalue weighted by atomic mass is 10.2. The summed E-state index contributed by atoms with van der Waals surface area (Å²) in [4.78, 5) is 4.49. The topological polar surface area (TPSA) is 49.6 Å². The van der Waals surface area contributed by atoms with E-state index in [0.717, 1.165) is 30.7 Å². The molecule has 0 amide bonds. The lowest BCUT2D eigenvalue weighted by Crippen LogP contribution is -2.37. The third-order valence-corrected chi connectivity index (χ3v) is 3.10. The van der Waals surface area contributed by atoms with Crippen molar-refractivity contribution in [3.8, 4) is 0 Å². The fourth-order valence-corrected chi connectivity index (χ4v) is 1.91. The molecule has 1 fully saturated rings. The van der Waals surface area contributed by atoms with Gasteiger partial charge in [-0.25, -0.2) is 4.99 Å². The van der Waals surface area contributed by atoms with Crippen molar-refractivity contribution < 1.29 is 4.42 Å². The monoisotopic (exact) mass is 249 g/mol. The summed E-state index contributed by atoms with van der Waals surface area (Å²) in [5.41, 5.74) is 0. The van der Waals surface area contributed by atoms with Gasteiger partial charge in [0.25, 0.3) is 0 Å². The second-order valence-electron chi connectivity index (χ2n) is 4.79. The summed E-state index contributed by atoms with van der Waals surface area (Å²) in [6, 6.07) is 3.83. The molecule has 1 heterocycles. The minimum absolute atomic E-state index is 0.588. The number of furan rings is 1. The van der Waals surface area contributed by atoms with E-state index in [1.807, 2.05) is 12.1 Å². The van der Waals surface area contributed by atoms with Crippen LogP contribution in [0.3, 0.4) is 0 Å². The van der Waals surface area contributed by atoms with Gasteiger partial charge < -0.3 is 15.1 Å². The van der Waals surface area contributed by atoms with E-state index in [0.29, 0.717) is 6.54 Å². The fraction of sp³-hybridized carbons (Fsp3) is 0.643. The Morgan fingerprint density at radius 1 is 1.44 bits per heavy atom. The summed E-state index contributed by atoms with van der Waals surface area (Å²) < 4.78 is 5.26. The van der Waals surface area contributed by atoms with Crippen molar-refractivity contribution in [3.63, 3.8) is 0 Å². The predicted octanol–water partition coefficient (Wildman–Crippen LogP) is 2.52. The van der Waals surface area contributed by atoms with Crippen LogP contribution in [0.25, 0.3) is 0 Å². The lowest BCUT2D eigenvalue weighted by molar-refractivity contribution is 0.511. The molecule has 0 spiro atoms. The molecule has 0 bridgehead atoms. The molecular formula is C14H23N3O. The molecule has 0 atom stereocenters. The Balaban J connectivity index is 1.69. The summed E-state index contributed by atoms with van der Waals surface area (Å²) in [6.45, 7) is 4.55. The third-order valence-electron chi connectivity index (χ3n) is 3.10. The van der Waals surface area contributed by atoms with Gasteiger partial charge in [-0.1, -0.05) is 12.8 Å². The number of hydrogen-bond acceptors (Lipinski definition) is 2. The molecule has 1 saturated carbocycles. The maximum atomic E-state index is 5.26. The van der Waals surface area contributed by atoms with Gasteiger partial charge in [-0.05, 0) is 37.8 Å². The van der Waals surface area contributed by atoms with E-state index in [-0.39, 0.29) is 0 Å². The number of nitrogens with zero attached hydrogens (tertiary/aromatic N) is 1. The number of hydrogen-bond donors (Lipinski definition) is 2. The lowest BCUT2D eigenvalue weighted by Gasteiger charge is -2.10. The molecule has 100 valence electrons. The van der Waals surface area contributed by atoms with Crippen LogP contribution in [0.15, 0.2) is 27.8 Å². The van der Waals surface area contributed by atoms with Crippen molar-refractivity contribution >= 4 is 5.96 Å². The second-order valence-corrected chi connectivity index (χ2v) is 4.79. The summed E-state index contributed by atoms with van der Waals surface area (Å²) in [7, 11) is 0. The molecule has 2 rings (SSSR count). The van der Waals surface area contributed by atoms with Gasteiger partial charge in [0.2, 0.25) is 0 Å². The number of nitrogens with one attached hydrogen (secondary N) is 2. The molecular weight excluding hydrogens is 226 g/mol. The zero-order valence-corrected chi connectivity index (χ0v) is 11.1. The zero-order valence-electron chi connectivity index (χ0n) is 11.1. The van der Waals surface area contributed by atoms with Gasteiger partial charge in [-0.3, -0.25) is 0 Å². The quantitative estimate of drug-likeness (QED) is 0.443. The molecule has 0 saturated heterocycles. The van der Waals surface area contributed by atoms with Crippen LogP contribution in [0, 0.1) is 5.92 Å². The Kier molecular flexibility index (Phi) is 5.12. The molecule has 4 nitrogen and oxygen atoms in total. The number of rotatable bonds is 7. The molecule has 1 aromatic heterocycles. The van der Waals surface area contributed by atoms with Gasteiger partial charge in [0.1, 0.15) is 12.3 Å². The SMILES string of the molecule is CCNC(=NCc1ccco1)NCCCC1CC1. The standard InChI is InChI=1S/C14H23N3O/c1-2-15-14(16-9-3-5-12-7-8-12)17-11-13-6-4-10-18-13/h4,6,10,12H,2-3,5,7-9,11H2,1H3,(H2,15,16,17). The molecule has 0 radical (unpaired) electrons. The van der Waals surface area contributed by atoms with Crippen molar-refractivity contribution in [2.45, 2.75) is 39.2 Å². The summed E-state index contributed by atoms with van der Waals surface area (Å²) >= 11 is 0. The van der Waals surface area contributed by atoms with E-state index in [1.54, 1.807) is 6.26 Å². The molecule has 2 N–H and O–H groups in total. The first-order chi connectivity index (χ1) is 8.88. The van der Waals surface area contributed by atoms with Crippen LogP contribution in [0.2, 0.25) is 0 Å². The van der Waals surface area contributed by atoms with E-state index in [2.05, 4.69) is 22.5 Å². The molecule has 0 aromatic carbocycles. The molecule has 1 aliphatic rings. The minimum Gasteiger partial charge on any atom is -0.467 e. The maximum absolute atomic E-state index is 5.26. The molecule has 18 heavy (non-hydrogen) atoms. The molecule has 1 aromatic rings. The predicted molar refractivity (Wildman–Crippen MR) is 73.5 cm³/mol. The summed E-state index contributed by atoms with van der Waals surface area (Å²) in [6.07, 6.45) is 7.14. The van der Waals surface area contributed by atoms with Crippen molar-refractivity contribution in [1.82, 2.24) is 10.6 Å². The first kappa shape index (κ1) is 13.0. The first-order valence-electron chi connectivity index (χ1n) is 6.93. The average molecular weight is 249 g/mol. The van der Waals surface area contributed by atoms with E-state index in [4.69, 9.17) is 4.42 Å². The summed E-state index contributed by atoms with van der Waals surface area (Å²) in [5.74, 6) is 2.78. The maximum Gasteiger partial charge on any atom is 0.191 e. The Morgan fingerprint density at radius 3 is 3.00 bits per heavy atom. The van der Waals surface area contributed by atoms with Crippen LogP contribution in [-0.4, -0.2) is 19.0 Å². The number of guanidine groups is 1. The highest BCUT2D eigenvalue weighted by molar-refractivity contribution is 5.79. The van der Waals surface area contributed by atoms with Crippen LogP contribution < -0.4 is 10.6 Å². The highest BCUT2D eigenvalue weighted by Crippen LogP contribution is 2.33. The average Bonchev–Trinajstić information content (AvgIpc) is 3.05. The minimum atomic E-state index is 0.588. The van der Waals surface area contributed by atoms with Gasteiger partial charge in [0.05, 0.1) is 6.26 Å². The zero-order chi connectivity index (χ0) is 12.6. The van der Waals surface area contributed by atoms with Crippen molar-refractivity contribution in [1.29, 1.82) is 0 Å². The molecule has 0 unspecified atom stereocenters. The second kappa shape index (κ2) is 7.09. The Bertz CT molecular complexity index is 355. The van der Waals surface area contributed by atoms with E-state index in [1.165, 1.54) is 25.7 Å². The van der Waals surface area contributed by atoms with Gasteiger partial charge in [0.15, 0.2) is 5.96 Å². The molecule has 4 heteroatoms. The Hall–Kier alpha value is -1.45. The fourth-order valence-electron chi connectivity index (χ4n) is 1.91. The van der Waals surface area contributed by atoms with Gasteiger partial charge >= 0.3 is 0 Å². The van der Waals surface area contributed by atoms with Gasteiger partial charge in [-0.15, -0.1) is 0 Å². The highest BCUT2D eigenvalue weighted by atomic mass is 16.3. The van der Waals surface area contributed by atoms with Crippen molar-refractivity contribution in [2.75, 3.05) is 13.1 Å². The largest absolute Gasteiger partial charge is 0.467 e. The third kappa shape index (κ3) is 4.82. The molecule has 1 aliphatic carbocycles. The highest BCUT2D eigenvalue weighted by Gasteiger charge is 2.19. The van der Waals surface area contributed by atoms with Gasteiger partial charge in [0, 0.05) is 13.1 Å². The van der Waals surface area contributed by atoms with Gasteiger partial charge in [-0.2, -0.15) is 0 Å². The Morgan fingerprint density at radius 2 is 2.33 bits per heavy atom. The first-order valence-corrected chi connectivity index (χ1v) is 6.93. The molecule has 0 aliphatic heterocycles. The number of aliphatic imine (C=N–C) groups is 1. The van der Waals surface area contributed by atoms with Crippen LogP contribution in [0.1, 0.15) is 38.4 Å². The van der Waals surface area contributed by atoms with Crippen molar-refractivity contribution in [3.05, 3.63) is 24.2 Å². The Labute approximate surface area is 109 Å². The van der Waals surface area contributed by atoms with E-state index < -0.39 is 0 Å². The van der Waals surface area contributed by atoms with E-state index in [9.17, 15) is 0 Å². The van der Waals surface area contributed by atoms with Crippen molar-refractivity contribution in [2.24, 2.45) is 10.9 Å². The van der Waals surface area contributed by atoms with Crippen LogP contribution in [0.5, 0.6) is 0 Å². The normalized spacial score (nSPS) is 15.7. The van der Waals surface area contributed by atoms with Crippen LogP contribution in [0.4, 0.5) is 0 Å². The summed E-state index contributed by atoms with van der Waals surface area (Å²) in [5, 5.41) is 6.61. The smallest absolute Gasteiger partial charge is 0.191 e. The van der Waals surface area contributed by atoms with Crippen LogP contribution in [-0.2, 0) is 6.54 Å². The van der Waals surface area contributed by atoms with Crippen LogP contribution >= 0.6 is 0 Å².